The molecule has 1 atom stereocenters. The van der Waals surface area contributed by atoms with Gasteiger partial charge >= 0.3 is 6.03 Å². The number of ether oxygens (including phenoxy) is 1. The zero-order chi connectivity index (χ0) is 16.9. The van der Waals surface area contributed by atoms with Gasteiger partial charge < -0.3 is 9.64 Å². The quantitative estimate of drug-likeness (QED) is 0.901. The van der Waals surface area contributed by atoms with Crippen LogP contribution in [0.25, 0.3) is 0 Å². The van der Waals surface area contributed by atoms with Crippen molar-refractivity contribution in [1.82, 2.24) is 14.3 Å². The van der Waals surface area contributed by atoms with Crippen LogP contribution in [-0.2, 0) is 11.2 Å². The van der Waals surface area contributed by atoms with E-state index >= 15 is 0 Å². The van der Waals surface area contributed by atoms with Gasteiger partial charge in [0.1, 0.15) is 5.82 Å². The zero-order valence-corrected chi connectivity index (χ0v) is 14.8. The number of carbonyl (C=O) groups excluding carboxylic acids is 1. The van der Waals surface area contributed by atoms with Crippen LogP contribution in [0.15, 0.2) is 24.3 Å². The van der Waals surface area contributed by atoms with E-state index in [9.17, 15) is 4.79 Å². The van der Waals surface area contributed by atoms with Crippen molar-refractivity contribution in [1.29, 1.82) is 0 Å². The van der Waals surface area contributed by atoms with Crippen molar-refractivity contribution in [3.63, 3.8) is 0 Å². The summed E-state index contributed by atoms with van der Waals surface area (Å²) in [6.45, 7) is 3.43. The lowest BCUT2D eigenvalue weighted by Crippen LogP contribution is -2.34. The molecule has 0 aliphatic carbocycles. The van der Waals surface area contributed by atoms with Crippen molar-refractivity contribution in [2.75, 3.05) is 25.6 Å². The molecule has 6 nitrogen and oxygen atoms in total. The number of nitrogens with zero attached hydrogens (tertiary/aromatic N) is 3. The number of hydrogen-bond donors (Lipinski definition) is 1. The third-order valence-electron chi connectivity index (χ3n) is 4.27. The van der Waals surface area contributed by atoms with Gasteiger partial charge in [-0.05, 0) is 30.9 Å². The van der Waals surface area contributed by atoms with Crippen molar-refractivity contribution in [3.8, 4) is 0 Å². The molecular weight excluding hydrogens is 324 g/mol. The second-order valence-corrected chi connectivity index (χ2v) is 6.65. The molecule has 24 heavy (non-hydrogen) atoms. The number of aryl methyl sites for hydroxylation is 1. The number of likely N-dealkylation sites (tertiary alicyclic amines) is 1. The number of benzene rings is 1. The fraction of sp³-hybridized carbons (Fsp3) is 0.471. The van der Waals surface area contributed by atoms with Gasteiger partial charge in [0.15, 0.2) is 0 Å². The summed E-state index contributed by atoms with van der Waals surface area (Å²) in [5, 5.41) is 3.43. The molecule has 2 amide bonds. The molecule has 1 aromatic heterocycles. The second kappa shape index (κ2) is 7.72. The molecule has 0 saturated carbocycles. The molecule has 0 spiro atoms. The highest BCUT2D eigenvalue weighted by atomic mass is 32.1. The molecule has 1 fully saturated rings. The molecule has 0 unspecified atom stereocenters. The molecule has 0 radical (unpaired) electrons. The SMILES string of the molecule is COCCc1nsc(NC(=O)N2CCC[C@@H]2c2ccccc2C)n1. The summed E-state index contributed by atoms with van der Waals surface area (Å²) in [4.78, 5) is 18.9. The standard InChI is InChI=1S/C17H22N4O2S/c1-12-6-3-4-7-13(12)14-8-5-10-21(14)17(22)19-16-18-15(20-24-16)9-11-23-2/h3-4,6-7,14H,5,8-11H2,1-2H3,(H,18,19,20,22)/t14-/m1/s1. The zero-order valence-electron chi connectivity index (χ0n) is 14.0. The molecule has 128 valence electrons. The van der Waals surface area contributed by atoms with E-state index in [0.29, 0.717) is 24.0 Å². The van der Waals surface area contributed by atoms with Crippen LogP contribution in [0.5, 0.6) is 0 Å². The molecular formula is C17H22N4O2S. The normalized spacial score (nSPS) is 17.2. The Morgan fingerprint density at radius 1 is 1.46 bits per heavy atom. The Kier molecular flexibility index (Phi) is 5.42. The molecule has 7 heteroatoms. The second-order valence-electron chi connectivity index (χ2n) is 5.90. The first-order chi connectivity index (χ1) is 11.7. The largest absolute Gasteiger partial charge is 0.384 e. The first-order valence-electron chi connectivity index (χ1n) is 8.13. The van der Waals surface area contributed by atoms with Gasteiger partial charge in [0.05, 0.1) is 12.6 Å². The Hall–Kier alpha value is -1.99. The van der Waals surface area contributed by atoms with E-state index in [4.69, 9.17) is 4.74 Å². The van der Waals surface area contributed by atoms with Gasteiger partial charge in [-0.2, -0.15) is 4.37 Å². The van der Waals surface area contributed by atoms with E-state index in [1.807, 2.05) is 17.0 Å². The summed E-state index contributed by atoms with van der Waals surface area (Å²) in [6, 6.07) is 8.29. The number of nitrogens with one attached hydrogen (secondary N) is 1. The fourth-order valence-electron chi connectivity index (χ4n) is 3.06. The molecule has 3 rings (SSSR count). The van der Waals surface area contributed by atoms with E-state index in [-0.39, 0.29) is 12.1 Å². The first-order valence-corrected chi connectivity index (χ1v) is 8.91. The Morgan fingerprint density at radius 2 is 2.29 bits per heavy atom. The van der Waals surface area contributed by atoms with E-state index < -0.39 is 0 Å². The van der Waals surface area contributed by atoms with Gasteiger partial charge in [0.2, 0.25) is 5.13 Å². The summed E-state index contributed by atoms with van der Waals surface area (Å²) < 4.78 is 9.26. The highest BCUT2D eigenvalue weighted by molar-refractivity contribution is 7.09. The smallest absolute Gasteiger partial charge is 0.324 e. The molecule has 2 aromatic rings. The fourth-order valence-corrected chi connectivity index (χ4v) is 3.66. The van der Waals surface area contributed by atoms with Crippen LogP contribution < -0.4 is 5.32 Å². The lowest BCUT2D eigenvalue weighted by atomic mass is 9.99. The Balaban J connectivity index is 1.68. The van der Waals surface area contributed by atoms with Crippen LogP contribution in [-0.4, -0.2) is 40.5 Å². The van der Waals surface area contributed by atoms with Gasteiger partial charge in [-0.15, -0.1) is 0 Å². The summed E-state index contributed by atoms with van der Waals surface area (Å²) in [5.41, 5.74) is 2.45. The Labute approximate surface area is 146 Å². The van der Waals surface area contributed by atoms with Gasteiger partial charge in [0, 0.05) is 31.6 Å². The third kappa shape index (κ3) is 3.73. The number of methoxy groups -OCH3 is 1. The first kappa shape index (κ1) is 16.9. The van der Waals surface area contributed by atoms with E-state index in [1.54, 1.807) is 7.11 Å². The third-order valence-corrected chi connectivity index (χ3v) is 4.94. The van der Waals surface area contributed by atoms with Crippen LogP contribution in [0.2, 0.25) is 0 Å². The number of anilines is 1. The van der Waals surface area contributed by atoms with Crippen molar-refractivity contribution in [2.45, 2.75) is 32.2 Å². The van der Waals surface area contributed by atoms with Gasteiger partial charge in [0.25, 0.3) is 0 Å². The summed E-state index contributed by atoms with van der Waals surface area (Å²) >= 11 is 1.21. The maximum absolute atomic E-state index is 12.7. The molecule has 0 bridgehead atoms. The monoisotopic (exact) mass is 346 g/mol. The molecule has 1 N–H and O–H groups in total. The van der Waals surface area contributed by atoms with Crippen LogP contribution in [0.3, 0.4) is 0 Å². The van der Waals surface area contributed by atoms with Crippen LogP contribution in [0.1, 0.15) is 35.8 Å². The lowest BCUT2D eigenvalue weighted by Gasteiger charge is -2.26. The average Bonchev–Trinajstić information content (AvgIpc) is 3.22. The highest BCUT2D eigenvalue weighted by Crippen LogP contribution is 2.34. The predicted octanol–water partition coefficient (Wildman–Crippen LogP) is 3.40. The lowest BCUT2D eigenvalue weighted by molar-refractivity contribution is 0.201. The maximum atomic E-state index is 12.7. The number of hydrogen-bond acceptors (Lipinski definition) is 5. The van der Waals surface area contributed by atoms with E-state index in [1.165, 1.54) is 22.7 Å². The number of urea groups is 1. The molecule has 1 aliphatic heterocycles. The molecule has 1 saturated heterocycles. The Morgan fingerprint density at radius 3 is 3.08 bits per heavy atom. The summed E-state index contributed by atoms with van der Waals surface area (Å²) in [7, 11) is 1.65. The topological polar surface area (TPSA) is 67.3 Å². The number of rotatable bonds is 5. The minimum absolute atomic E-state index is 0.102. The van der Waals surface area contributed by atoms with E-state index in [2.05, 4.69) is 33.7 Å². The highest BCUT2D eigenvalue weighted by Gasteiger charge is 2.31. The van der Waals surface area contributed by atoms with Gasteiger partial charge in [-0.3, -0.25) is 5.32 Å². The minimum atomic E-state index is -0.102. The van der Waals surface area contributed by atoms with E-state index in [0.717, 1.165) is 19.4 Å². The van der Waals surface area contributed by atoms with Crippen molar-refractivity contribution in [2.24, 2.45) is 0 Å². The summed E-state index contributed by atoms with van der Waals surface area (Å²) in [5.74, 6) is 0.703. The molecule has 1 aromatic carbocycles. The van der Waals surface area contributed by atoms with Crippen LogP contribution in [0, 0.1) is 6.92 Å². The molecule has 1 aliphatic rings. The average molecular weight is 346 g/mol. The predicted molar refractivity (Wildman–Crippen MR) is 94.4 cm³/mol. The summed E-state index contributed by atoms with van der Waals surface area (Å²) in [6.07, 6.45) is 2.66. The molecule has 2 heterocycles. The van der Waals surface area contributed by atoms with Crippen molar-refractivity contribution in [3.05, 3.63) is 41.2 Å². The van der Waals surface area contributed by atoms with Crippen molar-refractivity contribution >= 4 is 22.7 Å². The number of carbonyl (C=O) groups is 1. The maximum Gasteiger partial charge on any atom is 0.324 e. The van der Waals surface area contributed by atoms with Crippen LogP contribution >= 0.6 is 11.5 Å². The van der Waals surface area contributed by atoms with Gasteiger partial charge in [-0.25, -0.2) is 9.78 Å². The van der Waals surface area contributed by atoms with Gasteiger partial charge in [-0.1, -0.05) is 24.3 Å². The van der Waals surface area contributed by atoms with Crippen LogP contribution in [0.4, 0.5) is 9.93 Å². The minimum Gasteiger partial charge on any atom is -0.384 e. The van der Waals surface area contributed by atoms with Crippen molar-refractivity contribution < 1.29 is 9.53 Å². The number of amides is 2. The number of aromatic nitrogens is 2. The Bertz CT molecular complexity index is 703.